The molecule has 0 radical (unpaired) electrons. The Morgan fingerprint density at radius 2 is 1.35 bits per heavy atom. The molecule has 106 valence electrons. The summed E-state index contributed by atoms with van der Waals surface area (Å²) in [6.07, 6.45) is 0. The third-order valence-corrected chi connectivity index (χ3v) is 5.23. The minimum Gasteiger partial charge on any atom is -0.374 e. The van der Waals surface area contributed by atoms with E-state index in [0.717, 1.165) is 0 Å². The minimum absolute atomic E-state index is 0.326. The van der Waals surface area contributed by atoms with Crippen LogP contribution in [0.25, 0.3) is 0 Å². The smallest absolute Gasteiger partial charge is 0.374 e. The largest absolute Gasteiger partial charge is 0.503 e. The fourth-order valence-corrected chi connectivity index (χ4v) is 3.69. The van der Waals surface area contributed by atoms with Crippen LogP contribution in [0.2, 0.25) is 5.54 Å². The van der Waals surface area contributed by atoms with Crippen LogP contribution in [-0.2, 0) is 34.1 Å². The SMILES string of the molecule is CCO[Si](OCC)(OCC)C(C)C.O=[SH](O)=S. The molecule has 0 saturated carbocycles. The summed E-state index contributed by atoms with van der Waals surface area (Å²) in [6.45, 7) is 12.1. The number of thiol groups is 1. The Morgan fingerprint density at radius 1 is 1.12 bits per heavy atom. The van der Waals surface area contributed by atoms with Gasteiger partial charge in [-0.2, -0.15) is 0 Å². The molecule has 0 aliphatic carbocycles. The van der Waals surface area contributed by atoms with E-state index in [1.165, 1.54) is 0 Å². The normalized spacial score (nSPS) is 13.1. The van der Waals surface area contributed by atoms with Crippen molar-refractivity contribution < 1.29 is 22.0 Å². The fourth-order valence-electron chi connectivity index (χ4n) is 1.23. The zero-order chi connectivity index (χ0) is 13.9. The molecule has 0 rings (SSSR count). The van der Waals surface area contributed by atoms with Crippen molar-refractivity contribution in [2.24, 2.45) is 0 Å². The van der Waals surface area contributed by atoms with Crippen LogP contribution in [0.1, 0.15) is 34.6 Å². The van der Waals surface area contributed by atoms with Crippen molar-refractivity contribution in [2.75, 3.05) is 19.8 Å². The maximum Gasteiger partial charge on any atom is 0.503 e. The van der Waals surface area contributed by atoms with Gasteiger partial charge >= 0.3 is 8.80 Å². The summed E-state index contributed by atoms with van der Waals surface area (Å²) in [5.74, 6) is 0. The highest BCUT2D eigenvalue weighted by molar-refractivity contribution is 8.18. The van der Waals surface area contributed by atoms with Crippen molar-refractivity contribution in [3.8, 4) is 0 Å². The van der Waals surface area contributed by atoms with E-state index in [2.05, 4.69) is 25.0 Å². The number of hydrogen-bond donors (Lipinski definition) is 2. The van der Waals surface area contributed by atoms with Crippen molar-refractivity contribution in [2.45, 2.75) is 40.2 Å². The second-order valence-corrected chi connectivity index (χ2v) is 7.94. The van der Waals surface area contributed by atoms with Crippen molar-refractivity contribution in [1.82, 2.24) is 0 Å². The Hall–Kier alpha value is 0.427. The molecular formula is C9H24O5S2Si. The van der Waals surface area contributed by atoms with Crippen LogP contribution in [0.5, 0.6) is 0 Å². The van der Waals surface area contributed by atoms with E-state index < -0.39 is 18.4 Å². The molecular weight excluding hydrogens is 280 g/mol. The average Bonchev–Trinajstić information content (AvgIpc) is 2.17. The number of rotatable bonds is 7. The lowest BCUT2D eigenvalue weighted by molar-refractivity contribution is 0.0641. The molecule has 8 heteroatoms. The Kier molecular flexibility index (Phi) is 13.4. The zero-order valence-corrected chi connectivity index (χ0v) is 13.8. The van der Waals surface area contributed by atoms with E-state index in [4.69, 9.17) is 22.0 Å². The molecule has 0 bridgehead atoms. The quantitative estimate of drug-likeness (QED) is 0.553. The van der Waals surface area contributed by atoms with E-state index in [0.29, 0.717) is 25.4 Å². The van der Waals surface area contributed by atoms with Crippen molar-refractivity contribution >= 4 is 29.6 Å². The summed E-state index contributed by atoms with van der Waals surface area (Å²) in [4.78, 5) is 0. The second kappa shape index (κ2) is 11.5. The van der Waals surface area contributed by atoms with Gasteiger partial charge in [-0.25, -0.2) is 4.21 Å². The summed E-state index contributed by atoms with van der Waals surface area (Å²) < 4.78 is 33.3. The lowest BCUT2D eigenvalue weighted by Crippen LogP contribution is -2.48. The maximum absolute atomic E-state index is 8.96. The predicted octanol–water partition coefficient (Wildman–Crippen LogP) is 1.85. The highest BCUT2D eigenvalue weighted by Crippen LogP contribution is 2.24. The van der Waals surface area contributed by atoms with Crippen molar-refractivity contribution in [1.29, 1.82) is 0 Å². The molecule has 17 heavy (non-hydrogen) atoms. The molecule has 0 aromatic heterocycles. The molecule has 0 aliphatic rings. The Morgan fingerprint density at radius 3 is 1.47 bits per heavy atom. The highest BCUT2D eigenvalue weighted by atomic mass is 32.8. The summed E-state index contributed by atoms with van der Waals surface area (Å²) in [5, 5.41) is 0. The molecule has 0 aromatic carbocycles. The van der Waals surface area contributed by atoms with E-state index >= 15 is 0 Å². The lowest BCUT2D eigenvalue weighted by atomic mass is 10.6. The predicted molar refractivity (Wildman–Crippen MR) is 75.3 cm³/mol. The molecule has 0 aliphatic heterocycles. The third-order valence-electron chi connectivity index (χ3n) is 1.74. The first-order valence-electron chi connectivity index (χ1n) is 5.61. The van der Waals surface area contributed by atoms with Crippen LogP contribution in [0.15, 0.2) is 0 Å². The number of hydrogen-bond acceptors (Lipinski definition) is 5. The summed E-state index contributed by atoms with van der Waals surface area (Å²) >= 11 is 3.69. The van der Waals surface area contributed by atoms with Crippen molar-refractivity contribution in [3.05, 3.63) is 0 Å². The Balaban J connectivity index is 0. The van der Waals surface area contributed by atoms with Crippen LogP contribution in [0.4, 0.5) is 0 Å². The minimum atomic E-state index is -2.37. The molecule has 1 N–H and O–H groups in total. The van der Waals surface area contributed by atoms with Gasteiger partial charge in [0.1, 0.15) is 9.64 Å². The van der Waals surface area contributed by atoms with Gasteiger partial charge in [0.25, 0.3) is 0 Å². The van der Waals surface area contributed by atoms with Crippen LogP contribution >= 0.6 is 0 Å². The molecule has 0 aromatic rings. The van der Waals surface area contributed by atoms with Crippen LogP contribution < -0.4 is 0 Å². The zero-order valence-electron chi connectivity index (χ0n) is 11.1. The third kappa shape index (κ3) is 10.1. The van der Waals surface area contributed by atoms with E-state index in [1.807, 2.05) is 20.8 Å². The first-order valence-corrected chi connectivity index (χ1v) is 9.64. The lowest BCUT2D eigenvalue weighted by Gasteiger charge is -2.31. The van der Waals surface area contributed by atoms with Gasteiger partial charge in [-0.3, -0.25) is 0 Å². The molecule has 0 amide bonds. The van der Waals surface area contributed by atoms with Crippen LogP contribution in [-0.4, -0.2) is 37.4 Å². The Labute approximate surface area is 112 Å². The van der Waals surface area contributed by atoms with E-state index in [1.54, 1.807) is 0 Å². The molecule has 0 fully saturated rings. The summed E-state index contributed by atoms with van der Waals surface area (Å²) in [6, 6.07) is 0. The molecule has 1 atom stereocenters. The van der Waals surface area contributed by atoms with Gasteiger partial charge < -0.3 is 17.8 Å². The first kappa shape index (κ1) is 19.8. The monoisotopic (exact) mass is 304 g/mol. The standard InChI is InChI=1S/C9H22O3Si.H2O2S2/c1-6-10-13(9(4)5,11-7-2)12-8-3;1-4(2)3/h9H,6-8H2,1-5H3;4H,(H,1,2,3). The van der Waals surface area contributed by atoms with Gasteiger partial charge in [0.15, 0.2) is 0 Å². The average molecular weight is 305 g/mol. The second-order valence-electron chi connectivity index (χ2n) is 3.30. The van der Waals surface area contributed by atoms with Gasteiger partial charge in [0, 0.05) is 36.5 Å². The summed E-state index contributed by atoms with van der Waals surface area (Å²) in [7, 11) is -4.66. The topological polar surface area (TPSA) is 65.0 Å². The maximum atomic E-state index is 8.96. The van der Waals surface area contributed by atoms with E-state index in [9.17, 15) is 0 Å². The van der Waals surface area contributed by atoms with Crippen LogP contribution in [0, 0.1) is 0 Å². The first-order chi connectivity index (χ1) is 7.86. The van der Waals surface area contributed by atoms with E-state index in [-0.39, 0.29) is 0 Å². The summed E-state index contributed by atoms with van der Waals surface area (Å²) in [5.41, 5.74) is 0.326. The molecule has 0 saturated heterocycles. The van der Waals surface area contributed by atoms with Crippen LogP contribution in [0.3, 0.4) is 0 Å². The van der Waals surface area contributed by atoms with Gasteiger partial charge in [0.2, 0.25) is 0 Å². The van der Waals surface area contributed by atoms with Gasteiger partial charge in [-0.1, -0.05) is 13.8 Å². The van der Waals surface area contributed by atoms with Gasteiger partial charge in [-0.05, 0) is 20.8 Å². The molecule has 0 heterocycles. The fraction of sp³-hybridized carbons (Fsp3) is 1.00. The van der Waals surface area contributed by atoms with Crippen molar-refractivity contribution in [3.63, 3.8) is 0 Å². The molecule has 1 unspecified atom stereocenters. The Bertz CT molecular complexity index is 221. The van der Waals surface area contributed by atoms with Gasteiger partial charge in [-0.15, -0.1) is 0 Å². The molecule has 5 nitrogen and oxygen atoms in total. The van der Waals surface area contributed by atoms with Gasteiger partial charge in [0.05, 0.1) is 0 Å². The highest BCUT2D eigenvalue weighted by Gasteiger charge is 2.44. The molecule has 0 spiro atoms.